The molecule has 0 aliphatic heterocycles. The van der Waals surface area contributed by atoms with Gasteiger partial charge in [-0.15, -0.1) is 0 Å². The van der Waals surface area contributed by atoms with E-state index in [1.54, 1.807) is 0 Å². The van der Waals surface area contributed by atoms with Crippen molar-refractivity contribution in [3.05, 3.63) is 11.6 Å². The van der Waals surface area contributed by atoms with Crippen LogP contribution in [0.3, 0.4) is 0 Å². The fourth-order valence-electron chi connectivity index (χ4n) is 1.13. The highest BCUT2D eigenvalue weighted by molar-refractivity contribution is 5.78. The van der Waals surface area contributed by atoms with Crippen LogP contribution >= 0.6 is 0 Å². The lowest BCUT2D eigenvalue weighted by atomic mass is 10.1. The van der Waals surface area contributed by atoms with Gasteiger partial charge in [0.2, 0.25) is 0 Å². The summed E-state index contributed by atoms with van der Waals surface area (Å²) in [6.07, 6.45) is 4.17. The molecule has 0 rings (SSSR count). The predicted octanol–water partition coefficient (Wildman–Crippen LogP) is 2.68. The number of aliphatic hydroxyl groups is 1. The molecular formula is C13H24O3. The number of esters is 1. The monoisotopic (exact) mass is 228 g/mol. The van der Waals surface area contributed by atoms with Gasteiger partial charge in [0.1, 0.15) is 0 Å². The van der Waals surface area contributed by atoms with Crippen molar-refractivity contribution in [2.45, 2.75) is 53.1 Å². The average Bonchev–Trinajstić information content (AvgIpc) is 2.11. The minimum Gasteiger partial charge on any atom is -0.463 e. The molecule has 16 heavy (non-hydrogen) atoms. The molecule has 0 aliphatic carbocycles. The fourth-order valence-corrected chi connectivity index (χ4v) is 1.13. The molecular weight excluding hydrogens is 204 g/mol. The van der Waals surface area contributed by atoms with Crippen LogP contribution in [0, 0.1) is 5.92 Å². The van der Waals surface area contributed by atoms with E-state index in [9.17, 15) is 9.90 Å². The van der Waals surface area contributed by atoms with E-state index >= 15 is 0 Å². The molecule has 0 aromatic heterocycles. The Morgan fingerprint density at radius 3 is 2.44 bits per heavy atom. The van der Waals surface area contributed by atoms with Gasteiger partial charge in [-0.1, -0.05) is 18.6 Å². The largest absolute Gasteiger partial charge is 0.463 e. The van der Waals surface area contributed by atoms with E-state index < -0.39 is 11.6 Å². The second-order valence-corrected chi connectivity index (χ2v) is 5.12. The minimum atomic E-state index is -1.39. The first-order chi connectivity index (χ1) is 7.23. The van der Waals surface area contributed by atoms with Crippen LogP contribution in [0.5, 0.6) is 0 Å². The molecule has 0 aromatic carbocycles. The molecule has 0 bridgehead atoms. The van der Waals surface area contributed by atoms with Gasteiger partial charge in [0.25, 0.3) is 0 Å². The first-order valence-corrected chi connectivity index (χ1v) is 5.76. The molecule has 0 saturated carbocycles. The summed E-state index contributed by atoms with van der Waals surface area (Å²) >= 11 is 0. The van der Waals surface area contributed by atoms with Gasteiger partial charge in [-0.3, -0.25) is 0 Å². The first kappa shape index (κ1) is 15.2. The molecule has 0 amide bonds. The zero-order chi connectivity index (χ0) is 12.8. The van der Waals surface area contributed by atoms with Crippen LogP contribution in [0.4, 0.5) is 0 Å². The summed E-state index contributed by atoms with van der Waals surface area (Å²) in [5.41, 5.74) is -0.0831. The standard InChI is InChI=1S/C13H24O3/c1-10(2)7-6-8-11(3)9-16-12(14)13(4,5)15/h7,11,15H,6,8-9H2,1-5H3. The second kappa shape index (κ2) is 6.69. The van der Waals surface area contributed by atoms with Crippen molar-refractivity contribution in [1.29, 1.82) is 0 Å². The number of carbonyl (C=O) groups excluding carboxylic acids is 1. The Morgan fingerprint density at radius 2 is 2.00 bits per heavy atom. The molecule has 0 aliphatic rings. The smallest absolute Gasteiger partial charge is 0.337 e. The van der Waals surface area contributed by atoms with Crippen molar-refractivity contribution in [2.75, 3.05) is 6.61 Å². The van der Waals surface area contributed by atoms with Gasteiger partial charge in [0, 0.05) is 0 Å². The summed E-state index contributed by atoms with van der Waals surface area (Å²) in [5, 5.41) is 9.36. The minimum absolute atomic E-state index is 0.321. The molecule has 1 unspecified atom stereocenters. The van der Waals surface area contributed by atoms with Crippen molar-refractivity contribution in [3.8, 4) is 0 Å². The van der Waals surface area contributed by atoms with E-state index in [1.165, 1.54) is 19.4 Å². The topological polar surface area (TPSA) is 46.5 Å². The molecule has 3 nitrogen and oxygen atoms in total. The summed E-state index contributed by atoms with van der Waals surface area (Å²) in [6, 6.07) is 0. The summed E-state index contributed by atoms with van der Waals surface area (Å²) in [5.74, 6) is -0.233. The Bertz CT molecular complexity index is 244. The quantitative estimate of drug-likeness (QED) is 0.561. The van der Waals surface area contributed by atoms with Gasteiger partial charge < -0.3 is 9.84 Å². The van der Waals surface area contributed by atoms with E-state index in [2.05, 4.69) is 19.9 Å². The fraction of sp³-hybridized carbons (Fsp3) is 0.769. The molecule has 0 radical (unpaired) electrons. The lowest BCUT2D eigenvalue weighted by Gasteiger charge is -2.17. The van der Waals surface area contributed by atoms with Crippen LogP contribution < -0.4 is 0 Å². The number of ether oxygens (including phenoxy) is 1. The molecule has 0 aromatic rings. The average molecular weight is 228 g/mol. The molecule has 1 N–H and O–H groups in total. The van der Waals surface area contributed by atoms with Crippen LogP contribution in [0.1, 0.15) is 47.5 Å². The van der Waals surface area contributed by atoms with Crippen LogP contribution in [-0.4, -0.2) is 23.3 Å². The molecule has 0 heterocycles. The van der Waals surface area contributed by atoms with Crippen molar-refractivity contribution >= 4 is 5.97 Å². The van der Waals surface area contributed by atoms with Gasteiger partial charge >= 0.3 is 5.97 Å². The zero-order valence-corrected chi connectivity index (χ0v) is 11.0. The van der Waals surface area contributed by atoms with Gasteiger partial charge in [-0.2, -0.15) is 0 Å². The van der Waals surface area contributed by atoms with Crippen molar-refractivity contribution in [1.82, 2.24) is 0 Å². The highest BCUT2D eigenvalue weighted by atomic mass is 16.5. The van der Waals surface area contributed by atoms with E-state index in [4.69, 9.17) is 4.74 Å². The molecule has 1 atom stereocenters. The number of rotatable bonds is 6. The Hall–Kier alpha value is -0.830. The second-order valence-electron chi connectivity index (χ2n) is 5.12. The maximum absolute atomic E-state index is 11.3. The first-order valence-electron chi connectivity index (χ1n) is 5.76. The summed E-state index contributed by atoms with van der Waals surface area (Å²) in [7, 11) is 0. The van der Waals surface area contributed by atoms with Gasteiger partial charge in [0.05, 0.1) is 6.61 Å². The maximum atomic E-state index is 11.3. The van der Waals surface area contributed by atoms with Crippen molar-refractivity contribution in [2.24, 2.45) is 5.92 Å². The van der Waals surface area contributed by atoms with E-state index in [1.807, 2.05) is 6.92 Å². The summed E-state index contributed by atoms with van der Waals surface area (Å²) in [6.45, 7) is 9.42. The molecule has 3 heteroatoms. The third-order valence-corrected chi connectivity index (χ3v) is 2.21. The van der Waals surface area contributed by atoms with Gasteiger partial charge in [0.15, 0.2) is 5.60 Å². The van der Waals surface area contributed by atoms with E-state index in [-0.39, 0.29) is 0 Å². The lowest BCUT2D eigenvalue weighted by Crippen LogP contribution is -2.34. The lowest BCUT2D eigenvalue weighted by molar-refractivity contribution is -0.163. The predicted molar refractivity (Wildman–Crippen MR) is 65.1 cm³/mol. The maximum Gasteiger partial charge on any atom is 0.337 e. The van der Waals surface area contributed by atoms with Gasteiger partial charge in [-0.25, -0.2) is 4.79 Å². The van der Waals surface area contributed by atoms with E-state index in [0.717, 1.165) is 12.8 Å². The third kappa shape index (κ3) is 7.46. The number of allylic oxidation sites excluding steroid dienone is 2. The molecule has 0 spiro atoms. The van der Waals surface area contributed by atoms with Crippen LogP contribution in [0.15, 0.2) is 11.6 Å². The third-order valence-electron chi connectivity index (χ3n) is 2.21. The molecule has 0 fully saturated rings. The van der Waals surface area contributed by atoms with Crippen LogP contribution in [0.25, 0.3) is 0 Å². The molecule has 94 valence electrons. The SMILES string of the molecule is CC(C)=CCCC(C)COC(=O)C(C)(C)O. The summed E-state index contributed by atoms with van der Waals surface area (Å²) in [4.78, 5) is 11.3. The van der Waals surface area contributed by atoms with Crippen LogP contribution in [-0.2, 0) is 9.53 Å². The Morgan fingerprint density at radius 1 is 1.44 bits per heavy atom. The van der Waals surface area contributed by atoms with E-state index in [0.29, 0.717) is 12.5 Å². The Kier molecular flexibility index (Phi) is 6.34. The van der Waals surface area contributed by atoms with Crippen molar-refractivity contribution < 1.29 is 14.6 Å². The summed E-state index contributed by atoms with van der Waals surface area (Å²) < 4.78 is 5.02. The number of hydrogen-bond donors (Lipinski definition) is 1. The Balaban J connectivity index is 3.78. The zero-order valence-electron chi connectivity index (χ0n) is 11.0. The highest BCUT2D eigenvalue weighted by Crippen LogP contribution is 2.10. The highest BCUT2D eigenvalue weighted by Gasteiger charge is 2.25. The normalized spacial score (nSPS) is 13.1. The van der Waals surface area contributed by atoms with Gasteiger partial charge in [-0.05, 0) is 46.5 Å². The Labute approximate surface area is 98.5 Å². The molecule has 0 saturated heterocycles. The number of carbonyl (C=O) groups is 1. The number of hydrogen-bond acceptors (Lipinski definition) is 3. The van der Waals surface area contributed by atoms with Crippen LogP contribution in [0.2, 0.25) is 0 Å². The van der Waals surface area contributed by atoms with Crippen molar-refractivity contribution in [3.63, 3.8) is 0 Å².